The first-order chi connectivity index (χ1) is 13.2. The maximum atomic E-state index is 14.0. The van der Waals surface area contributed by atoms with Crippen LogP contribution in [0.5, 0.6) is 5.88 Å². The molecule has 28 heavy (non-hydrogen) atoms. The number of aromatic nitrogens is 2. The number of carbonyl (C=O) groups excluding carboxylic acids is 1. The third-order valence-electron chi connectivity index (χ3n) is 3.92. The lowest BCUT2D eigenvalue weighted by molar-refractivity contribution is 0.0699. The Kier molecular flexibility index (Phi) is 5.82. The van der Waals surface area contributed by atoms with Crippen LogP contribution in [0.1, 0.15) is 36.8 Å². The summed E-state index contributed by atoms with van der Waals surface area (Å²) in [6, 6.07) is 13.1. The van der Waals surface area contributed by atoms with E-state index in [1.165, 1.54) is 30.0 Å². The van der Waals surface area contributed by atoms with E-state index in [0.717, 1.165) is 4.90 Å². The molecule has 0 amide bonds. The summed E-state index contributed by atoms with van der Waals surface area (Å²) >= 11 is 7.38. The second kappa shape index (κ2) is 7.97. The fourth-order valence-corrected chi connectivity index (χ4v) is 3.58. The number of esters is 1. The Morgan fingerprint density at radius 2 is 1.79 bits per heavy atom. The fourth-order valence-electron chi connectivity index (χ4n) is 2.54. The van der Waals surface area contributed by atoms with Gasteiger partial charge in [0.2, 0.25) is 5.88 Å². The predicted octanol–water partition coefficient (Wildman–Crippen LogP) is 6.11. The van der Waals surface area contributed by atoms with E-state index in [0.29, 0.717) is 21.5 Å². The number of benzene rings is 2. The van der Waals surface area contributed by atoms with Gasteiger partial charge < -0.3 is 4.74 Å². The molecule has 0 fully saturated rings. The standard InChI is InChI=1S/C21H20ClFN2O2S/c1-13-18(28-15-11-9-14(22)10-12-15)19(25(24-13)21(2,3)4)27-20(26)16-7-5-6-8-17(16)23/h5-12H,1-4H3. The summed E-state index contributed by atoms with van der Waals surface area (Å²) in [6.07, 6.45) is 0. The molecule has 0 spiro atoms. The van der Waals surface area contributed by atoms with Crippen LogP contribution in [0.4, 0.5) is 4.39 Å². The highest BCUT2D eigenvalue weighted by Crippen LogP contribution is 2.40. The van der Waals surface area contributed by atoms with Crippen molar-refractivity contribution in [1.29, 1.82) is 0 Å². The SMILES string of the molecule is Cc1nn(C(C)(C)C)c(OC(=O)c2ccccc2F)c1Sc1ccc(Cl)cc1. The highest BCUT2D eigenvalue weighted by atomic mass is 35.5. The number of aryl methyl sites for hydroxylation is 1. The normalized spacial score (nSPS) is 11.5. The molecular weight excluding hydrogens is 399 g/mol. The van der Waals surface area contributed by atoms with Gasteiger partial charge in [0.1, 0.15) is 5.82 Å². The molecule has 2 aromatic carbocycles. The Balaban J connectivity index is 2.03. The summed E-state index contributed by atoms with van der Waals surface area (Å²) in [5, 5.41) is 5.20. The van der Waals surface area contributed by atoms with Gasteiger partial charge in [-0.05, 0) is 64.1 Å². The van der Waals surface area contributed by atoms with Crippen LogP contribution >= 0.6 is 23.4 Å². The molecule has 1 heterocycles. The predicted molar refractivity (Wildman–Crippen MR) is 109 cm³/mol. The lowest BCUT2D eigenvalue weighted by atomic mass is 10.1. The monoisotopic (exact) mass is 418 g/mol. The highest BCUT2D eigenvalue weighted by molar-refractivity contribution is 7.99. The molecule has 7 heteroatoms. The summed E-state index contributed by atoms with van der Waals surface area (Å²) in [5.41, 5.74) is 0.157. The van der Waals surface area contributed by atoms with E-state index in [9.17, 15) is 9.18 Å². The second-order valence-electron chi connectivity index (χ2n) is 7.23. The molecule has 0 saturated heterocycles. The lowest BCUT2D eigenvalue weighted by Gasteiger charge is -2.22. The maximum Gasteiger partial charge on any atom is 0.347 e. The summed E-state index contributed by atoms with van der Waals surface area (Å²) < 4.78 is 21.3. The molecule has 0 unspecified atom stereocenters. The molecule has 3 rings (SSSR count). The maximum absolute atomic E-state index is 14.0. The first-order valence-corrected chi connectivity index (χ1v) is 9.86. The molecule has 4 nitrogen and oxygen atoms in total. The summed E-state index contributed by atoms with van der Waals surface area (Å²) in [7, 11) is 0. The van der Waals surface area contributed by atoms with E-state index < -0.39 is 17.3 Å². The summed E-state index contributed by atoms with van der Waals surface area (Å²) in [5.74, 6) is -1.10. The summed E-state index contributed by atoms with van der Waals surface area (Å²) in [6.45, 7) is 7.71. The molecule has 0 radical (unpaired) electrons. The van der Waals surface area contributed by atoms with Crippen molar-refractivity contribution in [3.8, 4) is 5.88 Å². The van der Waals surface area contributed by atoms with E-state index in [2.05, 4.69) is 5.10 Å². The Hall–Kier alpha value is -2.31. The van der Waals surface area contributed by atoms with E-state index in [4.69, 9.17) is 16.3 Å². The van der Waals surface area contributed by atoms with E-state index in [-0.39, 0.29) is 5.56 Å². The number of nitrogens with zero attached hydrogens (tertiary/aromatic N) is 2. The van der Waals surface area contributed by atoms with Crippen LogP contribution in [0.25, 0.3) is 0 Å². The molecular formula is C21H20ClFN2O2S. The smallest absolute Gasteiger partial charge is 0.347 e. The lowest BCUT2D eigenvalue weighted by Crippen LogP contribution is -2.25. The molecule has 3 aromatic rings. The molecule has 0 N–H and O–H groups in total. The number of rotatable bonds is 4. The average molecular weight is 419 g/mol. The van der Waals surface area contributed by atoms with Crippen molar-refractivity contribution in [3.63, 3.8) is 0 Å². The van der Waals surface area contributed by atoms with Crippen LogP contribution < -0.4 is 4.74 Å². The third kappa shape index (κ3) is 4.39. The molecule has 0 saturated carbocycles. The third-order valence-corrected chi connectivity index (χ3v) is 5.35. The van der Waals surface area contributed by atoms with Crippen LogP contribution in [0, 0.1) is 12.7 Å². The molecule has 0 bridgehead atoms. The topological polar surface area (TPSA) is 44.1 Å². The Bertz CT molecular complexity index is 1010. The molecule has 1 aromatic heterocycles. The van der Waals surface area contributed by atoms with Gasteiger partial charge in [0.15, 0.2) is 0 Å². The number of hydrogen-bond acceptors (Lipinski definition) is 4. The molecule has 146 valence electrons. The van der Waals surface area contributed by atoms with Crippen molar-refractivity contribution >= 4 is 29.3 Å². The molecule has 0 aliphatic heterocycles. The number of carbonyl (C=O) groups is 1. The fraction of sp³-hybridized carbons (Fsp3) is 0.238. The van der Waals surface area contributed by atoms with Crippen molar-refractivity contribution in [3.05, 3.63) is 70.6 Å². The molecule has 0 atom stereocenters. The van der Waals surface area contributed by atoms with Gasteiger partial charge >= 0.3 is 5.97 Å². The summed E-state index contributed by atoms with van der Waals surface area (Å²) in [4.78, 5) is 14.3. The van der Waals surface area contributed by atoms with Gasteiger partial charge in [0.05, 0.1) is 21.7 Å². The van der Waals surface area contributed by atoms with Crippen molar-refractivity contribution in [2.24, 2.45) is 0 Å². The number of hydrogen-bond donors (Lipinski definition) is 0. The van der Waals surface area contributed by atoms with Crippen LogP contribution in [0.15, 0.2) is 58.3 Å². The van der Waals surface area contributed by atoms with E-state index in [1.807, 2.05) is 39.8 Å². The first-order valence-electron chi connectivity index (χ1n) is 8.67. The van der Waals surface area contributed by atoms with Crippen molar-refractivity contribution < 1.29 is 13.9 Å². The minimum absolute atomic E-state index is 0.121. The van der Waals surface area contributed by atoms with Gasteiger partial charge in [-0.25, -0.2) is 13.9 Å². The van der Waals surface area contributed by atoms with Gasteiger partial charge in [-0.1, -0.05) is 35.5 Å². The number of ether oxygens (including phenoxy) is 1. The first kappa shape index (κ1) is 20.4. The molecule has 0 aliphatic rings. The van der Waals surface area contributed by atoms with Gasteiger partial charge in [-0.3, -0.25) is 0 Å². The Morgan fingerprint density at radius 1 is 1.14 bits per heavy atom. The van der Waals surface area contributed by atoms with E-state index in [1.54, 1.807) is 22.9 Å². The van der Waals surface area contributed by atoms with Crippen LogP contribution in [-0.4, -0.2) is 15.7 Å². The average Bonchev–Trinajstić information content (AvgIpc) is 2.93. The van der Waals surface area contributed by atoms with E-state index >= 15 is 0 Å². The van der Waals surface area contributed by atoms with Crippen molar-refractivity contribution in [2.45, 2.75) is 43.0 Å². The number of halogens is 2. The van der Waals surface area contributed by atoms with Crippen LogP contribution in [0.2, 0.25) is 5.02 Å². The van der Waals surface area contributed by atoms with Crippen molar-refractivity contribution in [2.75, 3.05) is 0 Å². The highest BCUT2D eigenvalue weighted by Gasteiger charge is 2.28. The van der Waals surface area contributed by atoms with Gasteiger partial charge in [-0.15, -0.1) is 0 Å². The zero-order valence-corrected chi connectivity index (χ0v) is 17.6. The largest absolute Gasteiger partial charge is 0.403 e. The van der Waals surface area contributed by atoms with Crippen LogP contribution in [0.3, 0.4) is 0 Å². The van der Waals surface area contributed by atoms with Crippen LogP contribution in [-0.2, 0) is 5.54 Å². The Labute approximate surface area is 172 Å². The van der Waals surface area contributed by atoms with Gasteiger partial charge in [0, 0.05) is 9.92 Å². The minimum Gasteiger partial charge on any atom is -0.403 e. The van der Waals surface area contributed by atoms with Crippen molar-refractivity contribution in [1.82, 2.24) is 9.78 Å². The minimum atomic E-state index is -0.763. The van der Waals surface area contributed by atoms with Gasteiger partial charge in [0.25, 0.3) is 0 Å². The Morgan fingerprint density at radius 3 is 2.39 bits per heavy atom. The van der Waals surface area contributed by atoms with Gasteiger partial charge in [-0.2, -0.15) is 5.10 Å². The zero-order chi connectivity index (χ0) is 20.5. The molecule has 0 aliphatic carbocycles. The second-order valence-corrected chi connectivity index (χ2v) is 8.75. The zero-order valence-electron chi connectivity index (χ0n) is 16.0. The quantitative estimate of drug-likeness (QED) is 0.479.